The molecule has 0 aliphatic carbocycles. The van der Waals surface area contributed by atoms with E-state index in [0.717, 1.165) is 6.20 Å². The molecule has 0 radical (unpaired) electrons. The lowest BCUT2D eigenvalue weighted by atomic mass is 10.2. The predicted octanol–water partition coefficient (Wildman–Crippen LogP) is 2.41. The van der Waals surface area contributed by atoms with Crippen LogP contribution in [0.2, 0.25) is 5.15 Å². The Morgan fingerprint density at radius 2 is 2.42 bits per heavy atom. The van der Waals surface area contributed by atoms with Crippen LogP contribution in [0.15, 0.2) is 18.3 Å². The highest BCUT2D eigenvalue weighted by atomic mass is 35.5. The van der Waals surface area contributed by atoms with E-state index in [9.17, 15) is 4.39 Å². The van der Waals surface area contributed by atoms with Crippen LogP contribution in [0.25, 0.3) is 6.08 Å². The first-order chi connectivity index (χ1) is 5.74. The van der Waals surface area contributed by atoms with E-state index in [-0.39, 0.29) is 5.15 Å². The fourth-order valence-corrected chi connectivity index (χ4v) is 0.849. The first-order valence-corrected chi connectivity index (χ1v) is 3.49. The molecule has 0 bridgehead atoms. The third-order valence-corrected chi connectivity index (χ3v) is 1.49. The van der Waals surface area contributed by atoms with Crippen LogP contribution in [0, 0.1) is 17.1 Å². The van der Waals surface area contributed by atoms with E-state index in [4.69, 9.17) is 16.9 Å². The second-order valence-electron chi connectivity index (χ2n) is 2.00. The molecule has 0 unspecified atom stereocenters. The van der Waals surface area contributed by atoms with Gasteiger partial charge in [-0.2, -0.15) is 5.26 Å². The SMILES string of the molecule is N#CC=Cc1cc(F)cnc1Cl. The number of hydrogen-bond acceptors (Lipinski definition) is 2. The summed E-state index contributed by atoms with van der Waals surface area (Å²) in [5.74, 6) is -0.475. The summed E-state index contributed by atoms with van der Waals surface area (Å²) < 4.78 is 12.5. The molecule has 4 heteroatoms. The summed E-state index contributed by atoms with van der Waals surface area (Å²) in [6, 6.07) is 2.98. The summed E-state index contributed by atoms with van der Waals surface area (Å²) in [5.41, 5.74) is 0.401. The lowest BCUT2D eigenvalue weighted by molar-refractivity contribution is 0.621. The van der Waals surface area contributed by atoms with Crippen LogP contribution in [-0.2, 0) is 0 Å². The number of hydrogen-bond donors (Lipinski definition) is 0. The van der Waals surface area contributed by atoms with Crippen molar-refractivity contribution in [3.05, 3.63) is 34.9 Å². The predicted molar refractivity (Wildman–Crippen MR) is 43.9 cm³/mol. The zero-order chi connectivity index (χ0) is 8.97. The van der Waals surface area contributed by atoms with E-state index < -0.39 is 5.82 Å². The maximum Gasteiger partial charge on any atom is 0.142 e. The number of aromatic nitrogens is 1. The molecule has 60 valence electrons. The first-order valence-electron chi connectivity index (χ1n) is 3.11. The lowest BCUT2D eigenvalue weighted by Gasteiger charge is -1.94. The molecule has 0 aromatic carbocycles. The highest BCUT2D eigenvalue weighted by Crippen LogP contribution is 2.14. The van der Waals surface area contributed by atoms with Crippen molar-refractivity contribution >= 4 is 17.7 Å². The van der Waals surface area contributed by atoms with Crippen molar-refractivity contribution in [1.82, 2.24) is 4.98 Å². The highest BCUT2D eigenvalue weighted by molar-refractivity contribution is 6.30. The smallest absolute Gasteiger partial charge is 0.142 e. The van der Waals surface area contributed by atoms with Crippen LogP contribution in [0.4, 0.5) is 4.39 Å². The molecule has 0 atom stereocenters. The molecule has 12 heavy (non-hydrogen) atoms. The normalized spacial score (nSPS) is 10.1. The average molecular weight is 183 g/mol. The molecule has 0 spiro atoms. The molecule has 0 amide bonds. The maximum absolute atomic E-state index is 12.5. The van der Waals surface area contributed by atoms with Gasteiger partial charge < -0.3 is 0 Å². The number of nitriles is 1. The highest BCUT2D eigenvalue weighted by Gasteiger charge is 1.98. The number of rotatable bonds is 1. The largest absolute Gasteiger partial charge is 0.241 e. The Hall–Kier alpha value is -1.40. The minimum Gasteiger partial charge on any atom is -0.241 e. The van der Waals surface area contributed by atoms with Gasteiger partial charge in [-0.15, -0.1) is 0 Å². The molecule has 0 saturated carbocycles. The van der Waals surface area contributed by atoms with Gasteiger partial charge in [0, 0.05) is 11.6 Å². The Labute approximate surface area is 73.9 Å². The van der Waals surface area contributed by atoms with E-state index in [1.54, 1.807) is 6.07 Å². The minimum atomic E-state index is -0.475. The van der Waals surface area contributed by atoms with Crippen LogP contribution in [0.5, 0.6) is 0 Å². The van der Waals surface area contributed by atoms with Crippen LogP contribution in [0.3, 0.4) is 0 Å². The Kier molecular flexibility index (Phi) is 2.78. The topological polar surface area (TPSA) is 36.7 Å². The Balaban J connectivity index is 3.07. The fourth-order valence-electron chi connectivity index (χ4n) is 0.682. The Morgan fingerprint density at radius 3 is 3.08 bits per heavy atom. The van der Waals surface area contributed by atoms with E-state index in [0.29, 0.717) is 5.56 Å². The second kappa shape index (κ2) is 3.84. The van der Waals surface area contributed by atoms with Gasteiger partial charge in [-0.25, -0.2) is 9.37 Å². The zero-order valence-corrected chi connectivity index (χ0v) is 6.72. The summed E-state index contributed by atoms with van der Waals surface area (Å²) in [6.45, 7) is 0. The molecule has 0 aliphatic rings. The summed E-state index contributed by atoms with van der Waals surface area (Å²) in [7, 11) is 0. The maximum atomic E-state index is 12.5. The van der Waals surface area contributed by atoms with Gasteiger partial charge in [0.25, 0.3) is 0 Å². The molecule has 0 saturated heterocycles. The number of halogens is 2. The van der Waals surface area contributed by atoms with Gasteiger partial charge in [0.15, 0.2) is 0 Å². The molecule has 1 rings (SSSR count). The van der Waals surface area contributed by atoms with Crippen molar-refractivity contribution in [1.29, 1.82) is 5.26 Å². The fraction of sp³-hybridized carbons (Fsp3) is 0. The summed E-state index contributed by atoms with van der Waals surface area (Å²) >= 11 is 5.59. The molecule has 1 aromatic rings. The van der Waals surface area contributed by atoms with E-state index >= 15 is 0 Å². The van der Waals surface area contributed by atoms with E-state index in [1.807, 2.05) is 0 Å². The summed E-state index contributed by atoms with van der Waals surface area (Å²) in [4.78, 5) is 3.56. The van der Waals surface area contributed by atoms with Crippen molar-refractivity contribution < 1.29 is 4.39 Å². The minimum absolute atomic E-state index is 0.183. The second-order valence-corrected chi connectivity index (χ2v) is 2.35. The number of nitrogens with zero attached hydrogens (tertiary/aromatic N) is 2. The average Bonchev–Trinajstić information content (AvgIpc) is 2.07. The molecule has 0 fully saturated rings. The van der Waals surface area contributed by atoms with Crippen molar-refractivity contribution in [3.63, 3.8) is 0 Å². The molecule has 1 heterocycles. The monoisotopic (exact) mass is 182 g/mol. The quantitative estimate of drug-likeness (QED) is 0.494. The van der Waals surface area contributed by atoms with Crippen molar-refractivity contribution in [2.24, 2.45) is 0 Å². The van der Waals surface area contributed by atoms with E-state index in [1.165, 1.54) is 18.2 Å². The molecule has 0 aliphatic heterocycles. The van der Waals surface area contributed by atoms with Gasteiger partial charge in [-0.1, -0.05) is 11.6 Å². The zero-order valence-electron chi connectivity index (χ0n) is 5.96. The van der Waals surface area contributed by atoms with E-state index in [2.05, 4.69) is 4.98 Å². The van der Waals surface area contributed by atoms with Crippen LogP contribution in [-0.4, -0.2) is 4.98 Å². The summed E-state index contributed by atoms with van der Waals surface area (Å²) in [5, 5.41) is 8.38. The molecule has 0 N–H and O–H groups in total. The number of allylic oxidation sites excluding steroid dienone is 1. The van der Waals surface area contributed by atoms with Gasteiger partial charge >= 0.3 is 0 Å². The molecule has 2 nitrogen and oxygen atoms in total. The summed E-state index contributed by atoms with van der Waals surface area (Å²) in [6.07, 6.45) is 3.63. The van der Waals surface area contributed by atoms with Crippen molar-refractivity contribution in [2.45, 2.75) is 0 Å². The molecular weight excluding hydrogens is 179 g/mol. The van der Waals surface area contributed by atoms with Gasteiger partial charge in [-0.3, -0.25) is 0 Å². The van der Waals surface area contributed by atoms with Gasteiger partial charge in [0.1, 0.15) is 11.0 Å². The van der Waals surface area contributed by atoms with Crippen molar-refractivity contribution in [3.8, 4) is 6.07 Å². The van der Waals surface area contributed by atoms with Gasteiger partial charge in [0.2, 0.25) is 0 Å². The Bertz CT molecular complexity index is 355. The third-order valence-electron chi connectivity index (χ3n) is 1.17. The lowest BCUT2D eigenvalue weighted by Crippen LogP contribution is -1.83. The standard InChI is InChI=1S/C8H4ClFN2/c9-8-6(2-1-3-11)4-7(10)5-12-8/h1-2,4-5H. The molecule has 1 aromatic heterocycles. The number of pyridine rings is 1. The van der Waals surface area contributed by atoms with Crippen LogP contribution < -0.4 is 0 Å². The third kappa shape index (κ3) is 2.04. The van der Waals surface area contributed by atoms with Crippen LogP contribution in [0.1, 0.15) is 5.56 Å². The van der Waals surface area contributed by atoms with Gasteiger partial charge in [-0.05, 0) is 12.1 Å². The molecular formula is C8H4ClFN2. The Morgan fingerprint density at radius 1 is 1.67 bits per heavy atom. The van der Waals surface area contributed by atoms with Crippen LogP contribution >= 0.6 is 11.6 Å². The van der Waals surface area contributed by atoms with Gasteiger partial charge in [0.05, 0.1) is 12.3 Å². The van der Waals surface area contributed by atoms with Crippen molar-refractivity contribution in [2.75, 3.05) is 0 Å². The first kappa shape index (κ1) is 8.69.